The minimum Gasteiger partial charge on any atom is -0.399 e. The van der Waals surface area contributed by atoms with E-state index in [1.807, 2.05) is 12.1 Å². The predicted octanol–water partition coefficient (Wildman–Crippen LogP) is 2.29. The lowest BCUT2D eigenvalue weighted by atomic mass is 9.64. The first-order valence-corrected chi connectivity index (χ1v) is 7.13. The van der Waals surface area contributed by atoms with Crippen LogP contribution in [0.4, 0.5) is 5.69 Å². The molecule has 0 aliphatic heterocycles. The molecule has 1 saturated carbocycles. The molecule has 0 saturated heterocycles. The molecule has 4 N–H and O–H groups in total. The van der Waals surface area contributed by atoms with Crippen LogP contribution in [0.5, 0.6) is 0 Å². The Balaban J connectivity index is 1.79. The first kappa shape index (κ1) is 13.9. The topological polar surface area (TPSA) is 80.1 Å². The van der Waals surface area contributed by atoms with Gasteiger partial charge in [0.05, 0.1) is 11.7 Å². The van der Waals surface area contributed by atoms with E-state index in [1.165, 1.54) is 0 Å². The summed E-state index contributed by atoms with van der Waals surface area (Å²) in [4.78, 5) is 15.6. The predicted molar refractivity (Wildman–Crippen MR) is 83.2 cm³/mol. The van der Waals surface area contributed by atoms with Crippen molar-refractivity contribution in [3.05, 3.63) is 30.0 Å². The fourth-order valence-corrected chi connectivity index (χ4v) is 3.10. The van der Waals surface area contributed by atoms with E-state index in [4.69, 9.17) is 10.5 Å². The highest BCUT2D eigenvalue weighted by molar-refractivity contribution is 6.07. The fourth-order valence-electron chi connectivity index (χ4n) is 3.10. The van der Waals surface area contributed by atoms with Crippen molar-refractivity contribution in [2.24, 2.45) is 5.41 Å². The van der Waals surface area contributed by atoms with Gasteiger partial charge in [-0.3, -0.25) is 4.79 Å². The van der Waals surface area contributed by atoms with Crippen molar-refractivity contribution in [3.63, 3.8) is 0 Å². The zero-order valence-corrected chi connectivity index (χ0v) is 12.6. The van der Waals surface area contributed by atoms with Crippen LogP contribution in [-0.2, 0) is 4.74 Å². The maximum atomic E-state index is 12.5. The van der Waals surface area contributed by atoms with E-state index >= 15 is 0 Å². The van der Waals surface area contributed by atoms with E-state index in [9.17, 15) is 4.79 Å². The van der Waals surface area contributed by atoms with Gasteiger partial charge in [0.1, 0.15) is 0 Å². The second-order valence-electron chi connectivity index (χ2n) is 6.31. The van der Waals surface area contributed by atoms with Crippen LogP contribution in [0.2, 0.25) is 0 Å². The smallest absolute Gasteiger partial charge is 0.253 e. The van der Waals surface area contributed by atoms with Gasteiger partial charge in [0.25, 0.3) is 5.91 Å². The molecule has 5 heteroatoms. The number of amides is 1. The van der Waals surface area contributed by atoms with Crippen molar-refractivity contribution in [1.82, 2.24) is 10.3 Å². The van der Waals surface area contributed by atoms with E-state index in [0.717, 1.165) is 17.3 Å². The summed E-state index contributed by atoms with van der Waals surface area (Å²) in [5.74, 6) is -0.0568. The molecular weight excluding hydrogens is 266 g/mol. The molecule has 1 aromatic heterocycles. The third-order valence-electron chi connectivity index (χ3n) is 4.72. The average molecular weight is 287 g/mol. The molecular formula is C16H21N3O2. The number of fused-ring (bicyclic) bond motifs is 1. The molecule has 0 spiro atoms. The molecule has 112 valence electrons. The quantitative estimate of drug-likeness (QED) is 0.758. The molecule has 0 radical (unpaired) electrons. The Kier molecular flexibility index (Phi) is 3.17. The van der Waals surface area contributed by atoms with Gasteiger partial charge < -0.3 is 20.8 Å². The van der Waals surface area contributed by atoms with Crippen molar-refractivity contribution in [2.45, 2.75) is 32.4 Å². The molecule has 1 aliphatic rings. The number of aromatic amines is 1. The number of carbonyl (C=O) groups excluding carboxylic acids is 1. The molecule has 1 aliphatic carbocycles. The Labute approximate surface area is 123 Å². The standard InChI is InChI=1S/C16H21N3O2/c1-16(2)13(7-14(16)21-3)19-15(20)11-8-18-12-6-9(17)4-5-10(11)12/h4-6,8,13-14,18H,7,17H2,1-3H3,(H,19,20). The van der Waals surface area contributed by atoms with Gasteiger partial charge in [0.15, 0.2) is 0 Å². The van der Waals surface area contributed by atoms with Crippen LogP contribution in [0, 0.1) is 5.41 Å². The largest absolute Gasteiger partial charge is 0.399 e. The number of methoxy groups -OCH3 is 1. The number of aromatic nitrogens is 1. The minimum atomic E-state index is -0.0568. The third kappa shape index (κ3) is 2.17. The zero-order valence-electron chi connectivity index (χ0n) is 12.6. The number of hydrogen-bond donors (Lipinski definition) is 3. The Morgan fingerprint density at radius 1 is 1.48 bits per heavy atom. The lowest BCUT2D eigenvalue weighted by Gasteiger charge is -2.51. The Hall–Kier alpha value is -2.01. The highest BCUT2D eigenvalue weighted by Gasteiger charge is 2.49. The normalized spacial score (nSPS) is 23.8. The summed E-state index contributed by atoms with van der Waals surface area (Å²) < 4.78 is 5.42. The van der Waals surface area contributed by atoms with E-state index < -0.39 is 0 Å². The lowest BCUT2D eigenvalue weighted by Crippen LogP contribution is -2.61. The van der Waals surface area contributed by atoms with Crippen LogP contribution >= 0.6 is 0 Å². The maximum absolute atomic E-state index is 12.5. The number of H-pyrrole nitrogens is 1. The van der Waals surface area contributed by atoms with Gasteiger partial charge in [-0.25, -0.2) is 0 Å². The first-order chi connectivity index (χ1) is 9.93. The van der Waals surface area contributed by atoms with Crippen LogP contribution in [0.3, 0.4) is 0 Å². The average Bonchev–Trinajstić information content (AvgIpc) is 2.85. The Morgan fingerprint density at radius 3 is 2.90 bits per heavy atom. The van der Waals surface area contributed by atoms with Crippen LogP contribution in [0.25, 0.3) is 10.9 Å². The van der Waals surface area contributed by atoms with Gasteiger partial charge in [0.2, 0.25) is 0 Å². The molecule has 5 nitrogen and oxygen atoms in total. The highest BCUT2D eigenvalue weighted by Crippen LogP contribution is 2.42. The van der Waals surface area contributed by atoms with Crippen molar-refractivity contribution >= 4 is 22.5 Å². The summed E-state index contributed by atoms with van der Waals surface area (Å²) >= 11 is 0. The number of nitrogen functional groups attached to an aromatic ring is 1. The van der Waals surface area contributed by atoms with Crippen molar-refractivity contribution < 1.29 is 9.53 Å². The van der Waals surface area contributed by atoms with Crippen LogP contribution < -0.4 is 11.1 Å². The lowest BCUT2D eigenvalue weighted by molar-refractivity contribution is -0.0942. The van der Waals surface area contributed by atoms with E-state index in [0.29, 0.717) is 11.3 Å². The van der Waals surface area contributed by atoms with Crippen molar-refractivity contribution in [1.29, 1.82) is 0 Å². The van der Waals surface area contributed by atoms with E-state index in [1.54, 1.807) is 19.4 Å². The molecule has 1 heterocycles. The number of rotatable bonds is 3. The molecule has 2 aromatic rings. The molecule has 2 atom stereocenters. The van der Waals surface area contributed by atoms with Gasteiger partial charge in [-0.05, 0) is 24.6 Å². The molecule has 3 rings (SSSR count). The van der Waals surface area contributed by atoms with Gasteiger partial charge in [0, 0.05) is 41.4 Å². The van der Waals surface area contributed by atoms with Crippen molar-refractivity contribution in [2.75, 3.05) is 12.8 Å². The maximum Gasteiger partial charge on any atom is 0.253 e. The fraction of sp³-hybridized carbons (Fsp3) is 0.438. The molecule has 1 fully saturated rings. The molecule has 1 aromatic carbocycles. The number of hydrogen-bond acceptors (Lipinski definition) is 3. The molecule has 2 unspecified atom stereocenters. The highest BCUT2D eigenvalue weighted by atomic mass is 16.5. The monoisotopic (exact) mass is 287 g/mol. The number of ether oxygens (including phenoxy) is 1. The molecule has 1 amide bonds. The van der Waals surface area contributed by atoms with E-state index in [-0.39, 0.29) is 23.5 Å². The summed E-state index contributed by atoms with van der Waals surface area (Å²) in [6.07, 6.45) is 2.79. The summed E-state index contributed by atoms with van der Waals surface area (Å²) in [6, 6.07) is 5.65. The number of benzene rings is 1. The van der Waals surface area contributed by atoms with Crippen molar-refractivity contribution in [3.8, 4) is 0 Å². The summed E-state index contributed by atoms with van der Waals surface area (Å²) in [7, 11) is 1.72. The molecule has 0 bridgehead atoms. The summed E-state index contributed by atoms with van der Waals surface area (Å²) in [5, 5.41) is 4.00. The second-order valence-corrected chi connectivity index (χ2v) is 6.31. The Bertz CT molecular complexity index is 690. The number of carbonyl (C=O) groups is 1. The van der Waals surface area contributed by atoms with E-state index in [2.05, 4.69) is 24.1 Å². The van der Waals surface area contributed by atoms with Gasteiger partial charge >= 0.3 is 0 Å². The minimum absolute atomic E-state index is 0.0407. The first-order valence-electron chi connectivity index (χ1n) is 7.13. The number of anilines is 1. The SMILES string of the molecule is COC1CC(NC(=O)c2c[nH]c3cc(N)ccc23)C1(C)C. The third-order valence-corrected chi connectivity index (χ3v) is 4.72. The van der Waals surface area contributed by atoms with Gasteiger partial charge in [-0.1, -0.05) is 13.8 Å². The van der Waals surface area contributed by atoms with Gasteiger partial charge in [-0.2, -0.15) is 0 Å². The summed E-state index contributed by atoms with van der Waals surface area (Å²) in [5.41, 5.74) is 7.92. The van der Waals surface area contributed by atoms with Crippen LogP contribution in [0.1, 0.15) is 30.6 Å². The zero-order chi connectivity index (χ0) is 15.2. The molecule has 21 heavy (non-hydrogen) atoms. The Morgan fingerprint density at radius 2 is 2.24 bits per heavy atom. The summed E-state index contributed by atoms with van der Waals surface area (Å²) in [6.45, 7) is 4.23. The number of nitrogens with one attached hydrogen (secondary N) is 2. The van der Waals surface area contributed by atoms with Crippen LogP contribution in [-0.4, -0.2) is 30.1 Å². The van der Waals surface area contributed by atoms with Gasteiger partial charge in [-0.15, -0.1) is 0 Å². The second kappa shape index (κ2) is 4.77. The number of nitrogens with two attached hydrogens (primary N) is 1. The van der Waals surface area contributed by atoms with Crippen LogP contribution in [0.15, 0.2) is 24.4 Å².